The van der Waals surface area contributed by atoms with Crippen LogP contribution >= 0.6 is 22.6 Å². The number of fused-ring (bicyclic) bond motifs is 3. The fourth-order valence-electron chi connectivity index (χ4n) is 3.24. The highest BCUT2D eigenvalue weighted by atomic mass is 127. The molecule has 1 fully saturated rings. The summed E-state index contributed by atoms with van der Waals surface area (Å²) < 4.78 is 18.0. The Morgan fingerprint density at radius 1 is 1.25 bits per heavy atom. The monoisotopic (exact) mass is 436 g/mol. The number of carbonyl (C=O) groups is 1. The molecule has 0 bridgehead atoms. The zero-order valence-corrected chi connectivity index (χ0v) is 15.4. The molecule has 0 spiro atoms. The maximum atomic E-state index is 11.9. The predicted molar refractivity (Wildman–Crippen MR) is 97.2 cm³/mol. The lowest BCUT2D eigenvalue weighted by Gasteiger charge is -2.11. The molecule has 2 aromatic carbocycles. The Labute approximate surface area is 154 Å². The van der Waals surface area contributed by atoms with Gasteiger partial charge in [-0.05, 0) is 53.3 Å². The molecule has 0 radical (unpaired) electrons. The van der Waals surface area contributed by atoms with Gasteiger partial charge in [-0.3, -0.25) is 4.79 Å². The molecule has 5 heteroatoms. The van der Waals surface area contributed by atoms with Crippen LogP contribution in [0, 0.1) is 9.49 Å². The van der Waals surface area contributed by atoms with Crippen molar-refractivity contribution in [3.63, 3.8) is 0 Å². The van der Waals surface area contributed by atoms with Crippen LogP contribution < -0.4 is 9.47 Å². The van der Waals surface area contributed by atoms with Crippen LogP contribution in [-0.2, 0) is 16.1 Å². The predicted octanol–water partition coefficient (Wildman–Crippen LogP) is 3.91. The zero-order valence-electron chi connectivity index (χ0n) is 13.2. The minimum Gasteiger partial charge on any atom is -0.489 e. The molecule has 2 aromatic rings. The summed E-state index contributed by atoms with van der Waals surface area (Å²) in [5.41, 5.74) is 2.22. The number of esters is 1. The lowest BCUT2D eigenvalue weighted by molar-refractivity contribution is -0.145. The van der Waals surface area contributed by atoms with E-state index in [1.54, 1.807) is 0 Å². The summed E-state index contributed by atoms with van der Waals surface area (Å²) in [4.78, 5) is 11.9. The van der Waals surface area contributed by atoms with Crippen LogP contribution in [0.1, 0.15) is 24.0 Å². The Kier molecular flexibility index (Phi) is 4.12. The summed E-state index contributed by atoms with van der Waals surface area (Å²) in [5.74, 6) is 1.45. The van der Waals surface area contributed by atoms with E-state index in [1.165, 1.54) is 3.57 Å². The Balaban J connectivity index is 1.42. The molecule has 4 rings (SSSR count). The molecule has 1 saturated carbocycles. The molecule has 0 unspecified atom stereocenters. The average Bonchev–Trinajstić information content (AvgIpc) is 3.16. The van der Waals surface area contributed by atoms with E-state index in [0.717, 1.165) is 22.6 Å². The third-order valence-electron chi connectivity index (χ3n) is 4.41. The summed E-state index contributed by atoms with van der Waals surface area (Å²) in [7, 11) is 0. The first kappa shape index (κ1) is 15.7. The third-order valence-corrected chi connectivity index (χ3v) is 5.09. The van der Waals surface area contributed by atoms with E-state index in [0.29, 0.717) is 13.2 Å². The third kappa shape index (κ3) is 2.85. The number of benzene rings is 2. The average molecular weight is 436 g/mol. The molecule has 24 heavy (non-hydrogen) atoms. The fourth-order valence-corrected chi connectivity index (χ4v) is 3.85. The minimum atomic E-state index is -0.155. The van der Waals surface area contributed by atoms with Crippen LogP contribution in [0.25, 0.3) is 0 Å². The normalized spacial score (nSPS) is 23.0. The van der Waals surface area contributed by atoms with Crippen molar-refractivity contribution < 1.29 is 19.0 Å². The van der Waals surface area contributed by atoms with Crippen molar-refractivity contribution in [3.05, 3.63) is 57.2 Å². The summed E-state index contributed by atoms with van der Waals surface area (Å²) >= 11 is 2.29. The molecule has 1 aliphatic carbocycles. The molecule has 4 nitrogen and oxygen atoms in total. The van der Waals surface area contributed by atoms with Gasteiger partial charge in [-0.2, -0.15) is 0 Å². The molecular weight excluding hydrogens is 419 g/mol. The van der Waals surface area contributed by atoms with Gasteiger partial charge in [0, 0.05) is 21.1 Å². The number of hydrogen-bond acceptors (Lipinski definition) is 4. The molecule has 0 aromatic heterocycles. The first-order valence-electron chi connectivity index (χ1n) is 8.02. The van der Waals surface area contributed by atoms with Crippen molar-refractivity contribution >= 4 is 28.6 Å². The summed E-state index contributed by atoms with van der Waals surface area (Å²) in [6.07, 6.45) is -0.0648. The SMILES string of the molecule is CCOC(=O)[C@H]1[C@@H]2Oc3cc(OCc4cccc(I)c4)ccc3[C@@H]21. The Hall–Kier alpha value is -1.76. The van der Waals surface area contributed by atoms with Gasteiger partial charge >= 0.3 is 5.97 Å². The van der Waals surface area contributed by atoms with Gasteiger partial charge in [-0.1, -0.05) is 18.2 Å². The smallest absolute Gasteiger partial charge is 0.313 e. The highest BCUT2D eigenvalue weighted by Gasteiger charge is 2.63. The van der Waals surface area contributed by atoms with Crippen molar-refractivity contribution in [2.75, 3.05) is 6.61 Å². The molecule has 2 aliphatic rings. The second kappa shape index (κ2) is 6.27. The first-order valence-corrected chi connectivity index (χ1v) is 9.09. The molecule has 0 amide bonds. The summed E-state index contributed by atoms with van der Waals surface area (Å²) in [6, 6.07) is 14.1. The van der Waals surface area contributed by atoms with Crippen LogP contribution in [0.5, 0.6) is 11.5 Å². The second-order valence-corrected chi connectivity index (χ2v) is 7.25. The van der Waals surface area contributed by atoms with Crippen LogP contribution in [0.15, 0.2) is 42.5 Å². The van der Waals surface area contributed by atoms with Crippen LogP contribution in [0.3, 0.4) is 0 Å². The van der Waals surface area contributed by atoms with Gasteiger partial charge in [-0.25, -0.2) is 0 Å². The van der Waals surface area contributed by atoms with Crippen molar-refractivity contribution in [1.29, 1.82) is 0 Å². The van der Waals surface area contributed by atoms with Crippen molar-refractivity contribution in [3.8, 4) is 11.5 Å². The maximum absolute atomic E-state index is 11.9. The van der Waals surface area contributed by atoms with E-state index in [4.69, 9.17) is 14.2 Å². The standard InChI is InChI=1S/C19H17IO4/c1-2-22-19(21)17-16-14-7-6-13(9-15(14)24-18(16)17)23-10-11-4-3-5-12(20)8-11/h3-9,16-18H,2,10H2,1H3/t16-,17-,18-/m1/s1. The summed E-state index contributed by atoms with van der Waals surface area (Å²) in [6.45, 7) is 2.75. The molecule has 1 aliphatic heterocycles. The Morgan fingerprint density at radius 3 is 2.92 bits per heavy atom. The summed E-state index contributed by atoms with van der Waals surface area (Å²) in [5, 5.41) is 0. The molecule has 0 saturated heterocycles. The van der Waals surface area contributed by atoms with Crippen LogP contribution in [-0.4, -0.2) is 18.7 Å². The van der Waals surface area contributed by atoms with Crippen LogP contribution in [0.2, 0.25) is 0 Å². The lowest BCUT2D eigenvalue weighted by Crippen LogP contribution is -2.13. The molecule has 124 valence electrons. The van der Waals surface area contributed by atoms with Gasteiger partial charge in [0.05, 0.1) is 6.61 Å². The number of hydrogen-bond donors (Lipinski definition) is 0. The van der Waals surface area contributed by atoms with E-state index >= 15 is 0 Å². The number of carbonyl (C=O) groups excluding carboxylic acids is 1. The van der Waals surface area contributed by atoms with E-state index in [-0.39, 0.29) is 23.9 Å². The highest BCUT2D eigenvalue weighted by molar-refractivity contribution is 14.1. The molecule has 3 atom stereocenters. The van der Waals surface area contributed by atoms with Gasteiger partial charge < -0.3 is 14.2 Å². The number of halogens is 1. The van der Waals surface area contributed by atoms with Gasteiger partial charge in [-0.15, -0.1) is 0 Å². The van der Waals surface area contributed by atoms with Crippen LogP contribution in [0.4, 0.5) is 0 Å². The largest absolute Gasteiger partial charge is 0.489 e. The van der Waals surface area contributed by atoms with E-state index < -0.39 is 0 Å². The molecule has 1 heterocycles. The Bertz CT molecular complexity index is 789. The van der Waals surface area contributed by atoms with E-state index in [9.17, 15) is 4.79 Å². The van der Waals surface area contributed by atoms with Gasteiger partial charge in [0.1, 0.15) is 30.1 Å². The first-order chi connectivity index (χ1) is 11.7. The van der Waals surface area contributed by atoms with Gasteiger partial charge in [0.15, 0.2) is 0 Å². The maximum Gasteiger partial charge on any atom is 0.313 e. The van der Waals surface area contributed by atoms with Crippen molar-refractivity contribution in [1.82, 2.24) is 0 Å². The second-order valence-electron chi connectivity index (χ2n) is 6.00. The highest BCUT2D eigenvalue weighted by Crippen LogP contribution is 2.59. The van der Waals surface area contributed by atoms with Gasteiger partial charge in [0.2, 0.25) is 0 Å². The topological polar surface area (TPSA) is 44.8 Å². The molecule has 0 N–H and O–H groups in total. The Morgan fingerprint density at radius 2 is 2.12 bits per heavy atom. The van der Waals surface area contributed by atoms with Gasteiger partial charge in [0.25, 0.3) is 0 Å². The number of rotatable bonds is 5. The van der Waals surface area contributed by atoms with E-state index in [1.807, 2.05) is 37.3 Å². The quantitative estimate of drug-likeness (QED) is 0.527. The molecular formula is C19H17IO4. The fraction of sp³-hybridized carbons (Fsp3) is 0.316. The van der Waals surface area contributed by atoms with E-state index in [2.05, 4.69) is 34.7 Å². The minimum absolute atomic E-state index is 0.0648. The lowest BCUT2D eigenvalue weighted by atomic mass is 10.1. The van der Waals surface area contributed by atoms with Crippen molar-refractivity contribution in [2.45, 2.75) is 25.6 Å². The number of ether oxygens (including phenoxy) is 3. The van der Waals surface area contributed by atoms with Crippen molar-refractivity contribution in [2.24, 2.45) is 5.92 Å². The zero-order chi connectivity index (χ0) is 16.7.